The number of likely N-dealkylation sites (N-methyl/N-ethyl adjacent to an activating group) is 1. The zero-order valence-corrected chi connectivity index (χ0v) is 9.62. The summed E-state index contributed by atoms with van der Waals surface area (Å²) in [5.74, 6) is 0.159. The third-order valence-electron chi connectivity index (χ3n) is 3.30. The molecule has 1 amide bonds. The summed E-state index contributed by atoms with van der Waals surface area (Å²) in [4.78, 5) is 13.5. The van der Waals surface area contributed by atoms with E-state index in [2.05, 4.69) is 10.6 Å². The first kappa shape index (κ1) is 10.9. The maximum absolute atomic E-state index is 11.6. The SMILES string of the molecule is CN(C)CC(=O)NC1CC2CCC(C1)N2. The lowest BCUT2D eigenvalue weighted by Crippen LogP contribution is -2.49. The molecular weight excluding hydrogens is 190 g/mol. The van der Waals surface area contributed by atoms with E-state index in [1.807, 2.05) is 19.0 Å². The van der Waals surface area contributed by atoms with E-state index in [9.17, 15) is 4.79 Å². The number of hydrogen-bond acceptors (Lipinski definition) is 3. The Morgan fingerprint density at radius 3 is 2.47 bits per heavy atom. The largest absolute Gasteiger partial charge is 0.352 e. The van der Waals surface area contributed by atoms with Crippen molar-refractivity contribution in [2.24, 2.45) is 0 Å². The lowest BCUT2D eigenvalue weighted by Gasteiger charge is -2.30. The number of piperidine rings is 1. The van der Waals surface area contributed by atoms with Crippen LogP contribution in [0.5, 0.6) is 0 Å². The maximum Gasteiger partial charge on any atom is 0.234 e. The summed E-state index contributed by atoms with van der Waals surface area (Å²) < 4.78 is 0. The van der Waals surface area contributed by atoms with Gasteiger partial charge in [0, 0.05) is 18.1 Å². The number of amides is 1. The molecule has 2 aliphatic heterocycles. The lowest BCUT2D eigenvalue weighted by atomic mass is 10.00. The van der Waals surface area contributed by atoms with E-state index in [0.29, 0.717) is 24.7 Å². The second-order valence-corrected chi connectivity index (χ2v) is 5.11. The van der Waals surface area contributed by atoms with Crippen molar-refractivity contribution in [1.29, 1.82) is 0 Å². The van der Waals surface area contributed by atoms with Gasteiger partial charge in [-0.25, -0.2) is 0 Å². The standard InChI is InChI=1S/C11H21N3O/c1-14(2)7-11(15)13-10-5-8-3-4-9(6-10)12-8/h8-10,12H,3-7H2,1-2H3,(H,13,15). The average molecular weight is 211 g/mol. The normalized spacial score (nSPS) is 34.5. The number of rotatable bonds is 3. The molecule has 2 atom stereocenters. The Morgan fingerprint density at radius 1 is 1.33 bits per heavy atom. The predicted molar refractivity (Wildman–Crippen MR) is 59.7 cm³/mol. The Balaban J connectivity index is 1.78. The van der Waals surface area contributed by atoms with Gasteiger partial charge < -0.3 is 15.5 Å². The Morgan fingerprint density at radius 2 is 1.93 bits per heavy atom. The van der Waals surface area contributed by atoms with Crippen LogP contribution in [-0.2, 0) is 4.79 Å². The van der Waals surface area contributed by atoms with E-state index < -0.39 is 0 Å². The van der Waals surface area contributed by atoms with Gasteiger partial charge in [0.15, 0.2) is 0 Å². The zero-order valence-electron chi connectivity index (χ0n) is 9.62. The molecule has 86 valence electrons. The second-order valence-electron chi connectivity index (χ2n) is 5.11. The summed E-state index contributed by atoms with van der Waals surface area (Å²) in [6.45, 7) is 0.499. The van der Waals surface area contributed by atoms with Crippen LogP contribution in [0.3, 0.4) is 0 Å². The number of carbonyl (C=O) groups excluding carboxylic acids is 1. The van der Waals surface area contributed by atoms with Crippen LogP contribution in [0.1, 0.15) is 25.7 Å². The van der Waals surface area contributed by atoms with Crippen molar-refractivity contribution in [2.75, 3.05) is 20.6 Å². The first-order valence-corrected chi connectivity index (χ1v) is 5.83. The third kappa shape index (κ3) is 2.92. The summed E-state index contributed by atoms with van der Waals surface area (Å²) in [6, 6.07) is 1.69. The van der Waals surface area contributed by atoms with Crippen LogP contribution in [-0.4, -0.2) is 49.6 Å². The van der Waals surface area contributed by atoms with Gasteiger partial charge in [0.05, 0.1) is 6.54 Å². The monoisotopic (exact) mass is 211 g/mol. The Kier molecular flexibility index (Phi) is 3.26. The summed E-state index contributed by atoms with van der Waals surface area (Å²) in [5.41, 5.74) is 0. The van der Waals surface area contributed by atoms with Crippen molar-refractivity contribution < 1.29 is 4.79 Å². The molecule has 0 aromatic carbocycles. The summed E-state index contributed by atoms with van der Waals surface area (Å²) in [6.07, 6.45) is 4.78. The fourth-order valence-corrected chi connectivity index (χ4v) is 2.74. The van der Waals surface area contributed by atoms with Gasteiger partial charge >= 0.3 is 0 Å². The minimum Gasteiger partial charge on any atom is -0.352 e. The molecule has 15 heavy (non-hydrogen) atoms. The van der Waals surface area contributed by atoms with E-state index in [-0.39, 0.29) is 5.91 Å². The fourth-order valence-electron chi connectivity index (χ4n) is 2.74. The van der Waals surface area contributed by atoms with Crippen LogP contribution >= 0.6 is 0 Å². The molecule has 0 radical (unpaired) electrons. The second kappa shape index (κ2) is 4.49. The zero-order chi connectivity index (χ0) is 10.8. The number of hydrogen-bond donors (Lipinski definition) is 2. The molecule has 2 unspecified atom stereocenters. The quantitative estimate of drug-likeness (QED) is 0.688. The van der Waals surface area contributed by atoms with Gasteiger partial charge in [-0.1, -0.05) is 0 Å². The predicted octanol–water partition coefficient (Wildman–Crippen LogP) is -0.0528. The summed E-state index contributed by atoms with van der Waals surface area (Å²) in [5, 5.41) is 6.70. The molecule has 2 rings (SSSR count). The van der Waals surface area contributed by atoms with Gasteiger partial charge in [-0.2, -0.15) is 0 Å². The van der Waals surface area contributed by atoms with Gasteiger partial charge in [-0.15, -0.1) is 0 Å². The van der Waals surface area contributed by atoms with Crippen LogP contribution < -0.4 is 10.6 Å². The van der Waals surface area contributed by atoms with Gasteiger partial charge in [0.1, 0.15) is 0 Å². The van der Waals surface area contributed by atoms with Gasteiger partial charge in [-0.3, -0.25) is 4.79 Å². The lowest BCUT2D eigenvalue weighted by molar-refractivity contribution is -0.122. The topological polar surface area (TPSA) is 44.4 Å². The minimum atomic E-state index is 0.159. The van der Waals surface area contributed by atoms with E-state index in [1.165, 1.54) is 12.8 Å². The first-order chi connectivity index (χ1) is 7.13. The first-order valence-electron chi connectivity index (χ1n) is 5.83. The Hall–Kier alpha value is -0.610. The molecule has 0 spiro atoms. The highest BCUT2D eigenvalue weighted by Crippen LogP contribution is 2.26. The van der Waals surface area contributed by atoms with Crippen molar-refractivity contribution >= 4 is 5.91 Å². The van der Waals surface area contributed by atoms with Crippen LogP contribution in [0.4, 0.5) is 0 Å². The van der Waals surface area contributed by atoms with E-state index in [0.717, 1.165) is 12.8 Å². The van der Waals surface area contributed by atoms with Crippen LogP contribution in [0.15, 0.2) is 0 Å². The van der Waals surface area contributed by atoms with E-state index >= 15 is 0 Å². The molecule has 0 saturated carbocycles. The van der Waals surface area contributed by atoms with Crippen LogP contribution in [0, 0.1) is 0 Å². The van der Waals surface area contributed by atoms with Crippen molar-refractivity contribution in [1.82, 2.24) is 15.5 Å². The van der Waals surface area contributed by atoms with Crippen LogP contribution in [0.25, 0.3) is 0 Å². The van der Waals surface area contributed by atoms with Gasteiger partial charge in [0.25, 0.3) is 0 Å². The molecule has 0 aliphatic carbocycles. The number of carbonyl (C=O) groups is 1. The molecule has 4 nitrogen and oxygen atoms in total. The molecule has 2 aliphatic rings. The molecular formula is C11H21N3O. The van der Waals surface area contributed by atoms with E-state index in [1.54, 1.807) is 0 Å². The highest BCUT2D eigenvalue weighted by Gasteiger charge is 2.33. The molecule has 2 N–H and O–H groups in total. The van der Waals surface area contributed by atoms with Gasteiger partial charge in [-0.05, 0) is 39.8 Å². The van der Waals surface area contributed by atoms with E-state index in [4.69, 9.17) is 0 Å². The maximum atomic E-state index is 11.6. The highest BCUT2D eigenvalue weighted by molar-refractivity contribution is 5.78. The molecule has 4 heteroatoms. The smallest absolute Gasteiger partial charge is 0.234 e. The van der Waals surface area contributed by atoms with Crippen molar-refractivity contribution in [2.45, 2.75) is 43.8 Å². The van der Waals surface area contributed by atoms with Crippen molar-refractivity contribution in [3.05, 3.63) is 0 Å². The number of fused-ring (bicyclic) bond motifs is 2. The summed E-state index contributed by atoms with van der Waals surface area (Å²) in [7, 11) is 3.84. The molecule has 0 aromatic heterocycles. The Labute approximate surface area is 91.4 Å². The van der Waals surface area contributed by atoms with Crippen molar-refractivity contribution in [3.8, 4) is 0 Å². The molecule has 2 bridgehead atoms. The molecule has 0 aromatic rings. The number of nitrogens with one attached hydrogen (secondary N) is 2. The third-order valence-corrected chi connectivity index (χ3v) is 3.30. The van der Waals surface area contributed by atoms with Gasteiger partial charge in [0.2, 0.25) is 5.91 Å². The molecule has 2 heterocycles. The minimum absolute atomic E-state index is 0.159. The molecule has 2 saturated heterocycles. The fraction of sp³-hybridized carbons (Fsp3) is 0.909. The average Bonchev–Trinajstić information content (AvgIpc) is 2.44. The summed E-state index contributed by atoms with van der Waals surface area (Å²) >= 11 is 0. The highest BCUT2D eigenvalue weighted by atomic mass is 16.2. The van der Waals surface area contributed by atoms with Crippen molar-refractivity contribution in [3.63, 3.8) is 0 Å². The molecule has 2 fully saturated rings. The Bertz CT molecular complexity index is 230. The number of nitrogens with zero attached hydrogens (tertiary/aromatic N) is 1. The van der Waals surface area contributed by atoms with Crippen LogP contribution in [0.2, 0.25) is 0 Å².